The van der Waals surface area contributed by atoms with E-state index in [1.54, 1.807) is 18.2 Å². The van der Waals surface area contributed by atoms with E-state index >= 15 is 0 Å². The second-order valence-electron chi connectivity index (χ2n) is 2.72. The molecule has 0 bridgehead atoms. The van der Waals surface area contributed by atoms with Crippen LogP contribution >= 0.6 is 0 Å². The largest absolute Gasteiger partial charge is 0.477 e. The number of aromatic carboxylic acids is 1. The van der Waals surface area contributed by atoms with Crippen molar-refractivity contribution in [2.45, 2.75) is 0 Å². The van der Waals surface area contributed by atoms with E-state index in [0.29, 0.717) is 16.5 Å². The number of benzene rings is 1. The zero-order chi connectivity index (χ0) is 10.1. The van der Waals surface area contributed by atoms with Crippen LogP contribution in [0.15, 0.2) is 18.2 Å². The first-order chi connectivity index (χ1) is 6.74. The topological polar surface area (TPSA) is 89.8 Å². The molecule has 2 aromatic rings. The van der Waals surface area contributed by atoms with Gasteiger partial charge in [0.15, 0.2) is 5.69 Å². The van der Waals surface area contributed by atoms with Gasteiger partial charge < -0.3 is 5.11 Å². The minimum absolute atomic E-state index is 0.0112. The standard InChI is InChI=1S/C9H5N3O2/c10-4-5-2-1-3-6-7(5)11-12-8(6)9(13)14/h1-3H,(H,11,12)(H,13,14). The normalized spacial score (nSPS) is 9.93. The van der Waals surface area contributed by atoms with Crippen molar-refractivity contribution in [3.8, 4) is 6.07 Å². The summed E-state index contributed by atoms with van der Waals surface area (Å²) in [6, 6.07) is 6.78. The second-order valence-corrected chi connectivity index (χ2v) is 2.72. The summed E-state index contributed by atoms with van der Waals surface area (Å²) >= 11 is 0. The maximum absolute atomic E-state index is 10.7. The van der Waals surface area contributed by atoms with Gasteiger partial charge in [-0.25, -0.2) is 4.79 Å². The lowest BCUT2D eigenvalue weighted by molar-refractivity contribution is 0.0692. The van der Waals surface area contributed by atoms with Gasteiger partial charge in [0.2, 0.25) is 0 Å². The lowest BCUT2D eigenvalue weighted by Gasteiger charge is -1.90. The Morgan fingerprint density at radius 2 is 2.36 bits per heavy atom. The molecule has 0 amide bonds. The highest BCUT2D eigenvalue weighted by molar-refractivity contribution is 6.02. The van der Waals surface area contributed by atoms with Crippen LogP contribution in [0.5, 0.6) is 0 Å². The van der Waals surface area contributed by atoms with Crippen molar-refractivity contribution in [3.05, 3.63) is 29.5 Å². The lowest BCUT2D eigenvalue weighted by atomic mass is 10.1. The molecule has 14 heavy (non-hydrogen) atoms. The maximum Gasteiger partial charge on any atom is 0.354 e. The van der Waals surface area contributed by atoms with Crippen molar-refractivity contribution in [3.63, 3.8) is 0 Å². The number of nitrogens with zero attached hydrogens (tertiary/aromatic N) is 2. The van der Waals surface area contributed by atoms with Gasteiger partial charge in [0, 0.05) is 5.39 Å². The number of rotatable bonds is 1. The number of hydrogen-bond acceptors (Lipinski definition) is 3. The third kappa shape index (κ3) is 1.02. The molecule has 0 aliphatic carbocycles. The number of aromatic nitrogens is 2. The Bertz CT molecular complexity index is 551. The van der Waals surface area contributed by atoms with Gasteiger partial charge in [-0.1, -0.05) is 12.1 Å². The van der Waals surface area contributed by atoms with Gasteiger partial charge in [-0.15, -0.1) is 0 Å². The smallest absolute Gasteiger partial charge is 0.354 e. The molecule has 0 spiro atoms. The molecule has 1 aromatic heterocycles. The van der Waals surface area contributed by atoms with Crippen LogP contribution in [0.3, 0.4) is 0 Å². The average Bonchev–Trinajstić information content (AvgIpc) is 2.60. The zero-order valence-corrected chi connectivity index (χ0v) is 6.98. The predicted octanol–water partition coefficient (Wildman–Crippen LogP) is 1.13. The first kappa shape index (κ1) is 8.26. The highest BCUT2D eigenvalue weighted by Gasteiger charge is 2.13. The van der Waals surface area contributed by atoms with E-state index in [4.69, 9.17) is 10.4 Å². The molecule has 2 N–H and O–H groups in total. The van der Waals surface area contributed by atoms with Gasteiger partial charge in [0.1, 0.15) is 11.6 Å². The van der Waals surface area contributed by atoms with Crippen LogP contribution in [0.1, 0.15) is 16.1 Å². The Balaban J connectivity index is 2.84. The zero-order valence-electron chi connectivity index (χ0n) is 6.98. The fourth-order valence-corrected chi connectivity index (χ4v) is 1.29. The van der Waals surface area contributed by atoms with Gasteiger partial charge in [0.05, 0.1) is 5.56 Å². The third-order valence-electron chi connectivity index (χ3n) is 1.92. The van der Waals surface area contributed by atoms with Crippen molar-refractivity contribution < 1.29 is 9.90 Å². The fourth-order valence-electron chi connectivity index (χ4n) is 1.29. The Morgan fingerprint density at radius 3 is 3.00 bits per heavy atom. The van der Waals surface area contributed by atoms with E-state index in [9.17, 15) is 4.79 Å². The molecular formula is C9H5N3O2. The minimum Gasteiger partial charge on any atom is -0.477 e. The van der Waals surface area contributed by atoms with E-state index in [-0.39, 0.29) is 5.69 Å². The van der Waals surface area contributed by atoms with Crippen LogP contribution in [-0.4, -0.2) is 21.3 Å². The van der Waals surface area contributed by atoms with E-state index in [1.165, 1.54) is 0 Å². The van der Waals surface area contributed by atoms with Crippen LogP contribution < -0.4 is 0 Å². The van der Waals surface area contributed by atoms with Crippen LogP contribution in [0.25, 0.3) is 10.9 Å². The van der Waals surface area contributed by atoms with Crippen molar-refractivity contribution in [2.75, 3.05) is 0 Å². The van der Waals surface area contributed by atoms with Gasteiger partial charge in [-0.05, 0) is 6.07 Å². The molecular weight excluding hydrogens is 182 g/mol. The van der Waals surface area contributed by atoms with Gasteiger partial charge in [0.25, 0.3) is 0 Å². The van der Waals surface area contributed by atoms with Crippen LogP contribution in [0.4, 0.5) is 0 Å². The fraction of sp³-hybridized carbons (Fsp3) is 0. The number of carboxylic acids is 1. The number of carboxylic acid groups (broad SMARTS) is 1. The van der Waals surface area contributed by atoms with Crippen molar-refractivity contribution in [2.24, 2.45) is 0 Å². The average molecular weight is 187 g/mol. The highest BCUT2D eigenvalue weighted by atomic mass is 16.4. The predicted molar refractivity (Wildman–Crippen MR) is 47.8 cm³/mol. The molecule has 0 aliphatic heterocycles. The first-order valence-corrected chi connectivity index (χ1v) is 3.84. The van der Waals surface area contributed by atoms with E-state index in [1.807, 2.05) is 6.07 Å². The van der Waals surface area contributed by atoms with Gasteiger partial charge in [-0.3, -0.25) is 5.10 Å². The first-order valence-electron chi connectivity index (χ1n) is 3.84. The summed E-state index contributed by atoms with van der Waals surface area (Å²) in [5.41, 5.74) is 0.774. The Morgan fingerprint density at radius 1 is 1.57 bits per heavy atom. The molecule has 0 unspecified atom stereocenters. The van der Waals surface area contributed by atoms with Gasteiger partial charge in [-0.2, -0.15) is 10.4 Å². The van der Waals surface area contributed by atoms with Crippen molar-refractivity contribution >= 4 is 16.9 Å². The second kappa shape index (κ2) is 2.85. The van der Waals surface area contributed by atoms with E-state index < -0.39 is 5.97 Å². The minimum atomic E-state index is -1.08. The molecule has 2 rings (SSSR count). The Hall–Kier alpha value is -2.35. The molecule has 1 heterocycles. The molecule has 0 aliphatic rings. The summed E-state index contributed by atoms with van der Waals surface area (Å²) in [6.45, 7) is 0. The molecule has 0 saturated carbocycles. The maximum atomic E-state index is 10.7. The Labute approximate surface area is 78.6 Å². The number of H-pyrrole nitrogens is 1. The van der Waals surface area contributed by atoms with Crippen LogP contribution in [-0.2, 0) is 0 Å². The Kier molecular flexibility index (Phi) is 1.68. The van der Waals surface area contributed by atoms with Crippen LogP contribution in [0, 0.1) is 11.3 Å². The molecule has 68 valence electrons. The SMILES string of the molecule is N#Cc1cccc2c(C(=O)O)[nH]nc12. The monoisotopic (exact) mass is 187 g/mol. The number of hydrogen-bond donors (Lipinski definition) is 2. The van der Waals surface area contributed by atoms with Crippen molar-refractivity contribution in [1.29, 1.82) is 5.26 Å². The molecule has 1 aromatic carbocycles. The molecule has 0 radical (unpaired) electrons. The number of carbonyl (C=O) groups is 1. The summed E-state index contributed by atoms with van der Waals surface area (Å²) in [7, 11) is 0. The number of nitrogens with one attached hydrogen (secondary N) is 1. The molecule has 0 atom stereocenters. The lowest BCUT2D eigenvalue weighted by Crippen LogP contribution is -1.96. The van der Waals surface area contributed by atoms with E-state index in [0.717, 1.165) is 0 Å². The van der Waals surface area contributed by atoms with Crippen LogP contribution in [0.2, 0.25) is 0 Å². The number of fused-ring (bicyclic) bond motifs is 1. The highest BCUT2D eigenvalue weighted by Crippen LogP contribution is 2.18. The summed E-state index contributed by atoms with van der Waals surface area (Å²) in [6.07, 6.45) is 0. The quantitative estimate of drug-likeness (QED) is 0.700. The molecule has 5 heteroatoms. The number of aromatic amines is 1. The molecule has 0 saturated heterocycles. The summed E-state index contributed by atoms with van der Waals surface area (Å²) in [5.74, 6) is -1.08. The van der Waals surface area contributed by atoms with Gasteiger partial charge >= 0.3 is 5.97 Å². The number of para-hydroxylation sites is 1. The molecule has 5 nitrogen and oxygen atoms in total. The third-order valence-corrected chi connectivity index (χ3v) is 1.92. The van der Waals surface area contributed by atoms with E-state index in [2.05, 4.69) is 10.2 Å². The number of nitriles is 1. The summed E-state index contributed by atoms with van der Waals surface area (Å²) in [4.78, 5) is 10.7. The summed E-state index contributed by atoms with van der Waals surface area (Å²) < 4.78 is 0. The van der Waals surface area contributed by atoms with Crippen molar-refractivity contribution in [1.82, 2.24) is 10.2 Å². The summed E-state index contributed by atoms with van der Waals surface area (Å²) in [5, 5.41) is 24.1. The molecule has 0 fully saturated rings.